The molecule has 2 aliphatic rings. The molecular formula is C25H24F3N5O3S. The molecule has 4 N–H and O–H groups in total. The van der Waals surface area contributed by atoms with E-state index in [1.807, 2.05) is 12.1 Å². The van der Waals surface area contributed by atoms with Crippen LogP contribution < -0.4 is 16.4 Å². The average Bonchev–Trinajstić information content (AvgIpc) is 3.72. The van der Waals surface area contributed by atoms with Crippen LogP contribution in [0.5, 0.6) is 0 Å². The number of halogens is 3. The number of hydrogen-bond donors (Lipinski definition) is 3. The van der Waals surface area contributed by atoms with Crippen molar-refractivity contribution >= 4 is 33.1 Å². The maximum atomic E-state index is 14.1. The number of aromatic nitrogens is 1. The third kappa shape index (κ3) is 5.12. The first-order valence-electron chi connectivity index (χ1n) is 11.7. The van der Waals surface area contributed by atoms with Gasteiger partial charge in [0.05, 0.1) is 16.5 Å². The second-order valence-corrected chi connectivity index (χ2v) is 11.3. The Balaban J connectivity index is 1.34. The molecule has 8 nitrogen and oxygen atoms in total. The lowest BCUT2D eigenvalue weighted by molar-refractivity contribution is 0.100. The first kappa shape index (κ1) is 25.0. The van der Waals surface area contributed by atoms with E-state index in [-0.39, 0.29) is 16.5 Å². The number of nitrogens with two attached hydrogens (primary N) is 1. The standard InChI is InChI=1S/C25H24F3N5O3S/c26-20-5-6-21(27)24(28)18(20)11-30-22-10-23(31-12-19(22)25(29)34)32-16-2-1-15-13-33(8-7-14(15)9-16)37(35,36)17-3-4-17/h1-2,5-6,9-10,12,17H,3-4,7-8,11,13H2,(H2,29,34)(H2,30,31,32). The van der Waals surface area contributed by atoms with Gasteiger partial charge in [0.2, 0.25) is 10.0 Å². The number of carbonyl (C=O) groups is 1. The largest absolute Gasteiger partial charge is 0.380 e. The van der Waals surface area contributed by atoms with Crippen LogP contribution in [0.15, 0.2) is 42.6 Å². The van der Waals surface area contributed by atoms with Crippen molar-refractivity contribution in [1.29, 1.82) is 0 Å². The van der Waals surface area contributed by atoms with Gasteiger partial charge in [-0.25, -0.2) is 26.6 Å². The normalized spacial score (nSPS) is 15.8. The molecule has 1 fully saturated rings. The molecule has 0 radical (unpaired) electrons. The van der Waals surface area contributed by atoms with Crippen LogP contribution >= 0.6 is 0 Å². The Morgan fingerprint density at radius 3 is 2.57 bits per heavy atom. The van der Waals surface area contributed by atoms with Crippen molar-refractivity contribution in [2.45, 2.75) is 37.6 Å². The summed E-state index contributed by atoms with van der Waals surface area (Å²) >= 11 is 0. The molecule has 0 bridgehead atoms. The van der Waals surface area contributed by atoms with E-state index in [2.05, 4.69) is 15.6 Å². The molecule has 2 heterocycles. The van der Waals surface area contributed by atoms with Gasteiger partial charge >= 0.3 is 0 Å². The van der Waals surface area contributed by atoms with Gasteiger partial charge in [0.1, 0.15) is 11.6 Å². The maximum Gasteiger partial charge on any atom is 0.252 e. The molecule has 0 atom stereocenters. The van der Waals surface area contributed by atoms with Gasteiger partial charge in [-0.2, -0.15) is 4.31 Å². The van der Waals surface area contributed by atoms with Gasteiger partial charge in [0, 0.05) is 43.1 Å². The molecule has 1 aromatic heterocycles. The number of fused-ring (bicyclic) bond motifs is 1. The number of pyridine rings is 1. The number of amides is 1. The van der Waals surface area contributed by atoms with Crippen molar-refractivity contribution in [1.82, 2.24) is 9.29 Å². The first-order chi connectivity index (χ1) is 17.6. The minimum absolute atomic E-state index is 0.00910. The molecule has 0 spiro atoms. The Hall–Kier alpha value is -3.64. The van der Waals surface area contributed by atoms with Crippen molar-refractivity contribution in [2.24, 2.45) is 5.73 Å². The van der Waals surface area contributed by atoms with Gasteiger partial charge in [0.15, 0.2) is 11.6 Å². The number of hydrogen-bond acceptors (Lipinski definition) is 6. The van der Waals surface area contributed by atoms with Crippen molar-refractivity contribution in [2.75, 3.05) is 17.2 Å². The zero-order chi connectivity index (χ0) is 26.3. The van der Waals surface area contributed by atoms with Crippen LogP contribution in [0.1, 0.15) is 39.9 Å². The van der Waals surface area contributed by atoms with E-state index in [4.69, 9.17) is 5.73 Å². The smallest absolute Gasteiger partial charge is 0.252 e. The number of nitrogens with one attached hydrogen (secondary N) is 2. The van der Waals surface area contributed by atoms with Gasteiger partial charge in [-0.1, -0.05) is 6.07 Å². The highest BCUT2D eigenvalue weighted by Gasteiger charge is 2.40. The Morgan fingerprint density at radius 2 is 1.84 bits per heavy atom. The molecule has 1 aliphatic heterocycles. The Labute approximate surface area is 211 Å². The highest BCUT2D eigenvalue weighted by Crippen LogP contribution is 2.34. The lowest BCUT2D eigenvalue weighted by Gasteiger charge is -2.28. The van der Waals surface area contributed by atoms with E-state index < -0.39 is 45.5 Å². The summed E-state index contributed by atoms with van der Waals surface area (Å²) in [4.78, 5) is 16.1. The second kappa shape index (κ2) is 9.67. The van der Waals surface area contributed by atoms with Crippen molar-refractivity contribution in [3.05, 3.63) is 82.3 Å². The van der Waals surface area contributed by atoms with Crippen LogP contribution in [0.2, 0.25) is 0 Å². The van der Waals surface area contributed by atoms with Crippen molar-refractivity contribution < 1.29 is 26.4 Å². The molecule has 3 aromatic rings. The fourth-order valence-electron chi connectivity index (χ4n) is 4.33. The molecule has 1 aliphatic carbocycles. The molecular weight excluding hydrogens is 507 g/mol. The van der Waals surface area contributed by atoms with Crippen LogP contribution in [0, 0.1) is 17.5 Å². The molecule has 194 valence electrons. The monoisotopic (exact) mass is 531 g/mol. The molecule has 5 rings (SSSR count). The zero-order valence-corrected chi connectivity index (χ0v) is 20.4. The lowest BCUT2D eigenvalue weighted by Crippen LogP contribution is -2.37. The summed E-state index contributed by atoms with van der Waals surface area (Å²) in [7, 11) is -3.24. The van der Waals surface area contributed by atoms with Gasteiger partial charge in [-0.05, 0) is 54.7 Å². The van der Waals surface area contributed by atoms with E-state index in [1.165, 1.54) is 12.3 Å². The highest BCUT2D eigenvalue weighted by atomic mass is 32.2. The van der Waals surface area contributed by atoms with Crippen LogP contribution in [0.3, 0.4) is 0 Å². The molecule has 2 aromatic carbocycles. The van der Waals surface area contributed by atoms with E-state index in [9.17, 15) is 26.4 Å². The number of rotatable bonds is 8. The van der Waals surface area contributed by atoms with Gasteiger partial charge in [-0.15, -0.1) is 0 Å². The fraction of sp³-hybridized carbons (Fsp3) is 0.280. The number of carbonyl (C=O) groups excluding carboxylic acids is 1. The van der Waals surface area contributed by atoms with Gasteiger partial charge in [-0.3, -0.25) is 4.79 Å². The van der Waals surface area contributed by atoms with Crippen LogP contribution in [0.25, 0.3) is 0 Å². The van der Waals surface area contributed by atoms with Crippen molar-refractivity contribution in [3.8, 4) is 0 Å². The predicted octanol–water partition coefficient (Wildman–Crippen LogP) is 3.80. The molecule has 0 saturated heterocycles. The molecule has 37 heavy (non-hydrogen) atoms. The SMILES string of the molecule is NC(=O)c1cnc(Nc2ccc3c(c2)CCN(S(=O)(=O)C2CC2)C3)cc1NCc1c(F)ccc(F)c1F. The van der Waals surface area contributed by atoms with Crippen molar-refractivity contribution in [3.63, 3.8) is 0 Å². The number of benzene rings is 2. The summed E-state index contributed by atoms with van der Waals surface area (Å²) < 4.78 is 68.3. The Bertz CT molecular complexity index is 1500. The zero-order valence-electron chi connectivity index (χ0n) is 19.6. The molecule has 1 amide bonds. The number of anilines is 3. The third-order valence-electron chi connectivity index (χ3n) is 6.53. The molecule has 1 saturated carbocycles. The van der Waals surface area contributed by atoms with Crippen LogP contribution in [-0.4, -0.2) is 35.4 Å². The van der Waals surface area contributed by atoms with Gasteiger partial charge < -0.3 is 16.4 Å². The highest BCUT2D eigenvalue weighted by molar-refractivity contribution is 7.90. The number of primary amides is 1. The summed E-state index contributed by atoms with van der Waals surface area (Å²) in [5.41, 5.74) is 7.67. The quantitative estimate of drug-likeness (QED) is 0.381. The topological polar surface area (TPSA) is 117 Å². The van der Waals surface area contributed by atoms with E-state index in [0.29, 0.717) is 37.1 Å². The van der Waals surface area contributed by atoms with E-state index >= 15 is 0 Å². The van der Waals surface area contributed by atoms with Crippen LogP contribution in [-0.2, 0) is 29.5 Å². The summed E-state index contributed by atoms with van der Waals surface area (Å²) in [5, 5.41) is 5.61. The van der Waals surface area contributed by atoms with E-state index in [1.54, 1.807) is 10.4 Å². The minimum atomic E-state index is -3.24. The predicted molar refractivity (Wildman–Crippen MR) is 132 cm³/mol. The van der Waals surface area contributed by atoms with Gasteiger partial charge in [0.25, 0.3) is 5.91 Å². The summed E-state index contributed by atoms with van der Waals surface area (Å²) in [6.45, 7) is 0.321. The molecule has 12 heteroatoms. The summed E-state index contributed by atoms with van der Waals surface area (Å²) in [5.74, 6) is -3.93. The Kier molecular flexibility index (Phi) is 6.54. The minimum Gasteiger partial charge on any atom is -0.380 e. The second-order valence-electron chi connectivity index (χ2n) is 9.09. The fourth-order valence-corrected chi connectivity index (χ4v) is 6.15. The summed E-state index contributed by atoms with van der Waals surface area (Å²) in [6.07, 6.45) is 3.24. The summed E-state index contributed by atoms with van der Waals surface area (Å²) in [6, 6.07) is 8.53. The molecule has 0 unspecified atom stereocenters. The Morgan fingerprint density at radius 1 is 1.08 bits per heavy atom. The number of nitrogens with zero attached hydrogens (tertiary/aromatic N) is 2. The maximum absolute atomic E-state index is 14.1. The third-order valence-corrected chi connectivity index (χ3v) is 8.87. The average molecular weight is 532 g/mol. The number of sulfonamides is 1. The van der Waals surface area contributed by atoms with E-state index in [0.717, 1.165) is 30.0 Å². The lowest BCUT2D eigenvalue weighted by atomic mass is 10.0. The van der Waals surface area contributed by atoms with Crippen LogP contribution in [0.4, 0.5) is 30.4 Å². The first-order valence-corrected chi connectivity index (χ1v) is 13.2.